The van der Waals surface area contributed by atoms with Crippen LogP contribution < -0.4 is 4.74 Å². The number of nitrogens with zero attached hydrogens (tertiary/aromatic N) is 5. The minimum atomic E-state index is -0.521. The zero-order valence-corrected chi connectivity index (χ0v) is 18.8. The van der Waals surface area contributed by atoms with Crippen molar-refractivity contribution in [3.8, 4) is 17.4 Å². The maximum atomic E-state index is 13.8. The molecule has 3 aromatic rings. The van der Waals surface area contributed by atoms with Gasteiger partial charge in [-0.15, -0.1) is 0 Å². The monoisotopic (exact) mass is 441 g/mol. The normalized spacial score (nSPS) is 16.9. The second-order valence-corrected chi connectivity index (χ2v) is 9.08. The number of carbonyl (C=O) groups excluding carboxylic acids is 1. The molecule has 8 nitrogen and oxygen atoms in total. The number of aromatic nitrogens is 4. The maximum Gasteiger partial charge on any atom is 0.410 e. The molecule has 0 unspecified atom stereocenters. The second kappa shape index (κ2) is 8.72. The first-order chi connectivity index (χ1) is 15.2. The Morgan fingerprint density at radius 1 is 1.28 bits per heavy atom. The minimum Gasteiger partial charge on any atom is -0.481 e. The van der Waals surface area contributed by atoms with Crippen molar-refractivity contribution < 1.29 is 18.7 Å². The molecular formula is C23H28FN5O3. The van der Waals surface area contributed by atoms with Crippen molar-refractivity contribution in [3.05, 3.63) is 42.1 Å². The second-order valence-electron chi connectivity index (χ2n) is 9.08. The molecule has 1 aliphatic rings. The van der Waals surface area contributed by atoms with E-state index in [1.807, 2.05) is 20.8 Å². The number of fused-ring (bicyclic) bond motifs is 1. The Morgan fingerprint density at radius 2 is 2.09 bits per heavy atom. The van der Waals surface area contributed by atoms with Crippen LogP contribution in [-0.2, 0) is 11.2 Å². The van der Waals surface area contributed by atoms with Gasteiger partial charge in [0.1, 0.15) is 22.8 Å². The molecule has 0 radical (unpaired) electrons. The highest BCUT2D eigenvalue weighted by atomic mass is 19.1. The predicted octanol–water partition coefficient (Wildman–Crippen LogP) is 4.13. The van der Waals surface area contributed by atoms with Gasteiger partial charge in [0.15, 0.2) is 5.82 Å². The van der Waals surface area contributed by atoms with Gasteiger partial charge < -0.3 is 14.4 Å². The smallest absolute Gasteiger partial charge is 0.410 e. The molecule has 170 valence electrons. The van der Waals surface area contributed by atoms with Gasteiger partial charge in [-0.2, -0.15) is 4.98 Å². The number of rotatable bonds is 4. The van der Waals surface area contributed by atoms with Gasteiger partial charge >= 0.3 is 6.09 Å². The number of likely N-dealkylation sites (tertiary alicyclic amines) is 1. The highest BCUT2D eigenvalue weighted by Crippen LogP contribution is 2.26. The van der Waals surface area contributed by atoms with Crippen LogP contribution in [0.4, 0.5) is 9.18 Å². The summed E-state index contributed by atoms with van der Waals surface area (Å²) in [5.74, 6) is 0.709. The fourth-order valence-electron chi connectivity index (χ4n) is 3.94. The summed E-state index contributed by atoms with van der Waals surface area (Å²) in [6.07, 6.45) is 5.26. The van der Waals surface area contributed by atoms with Gasteiger partial charge in [-0.05, 0) is 58.1 Å². The Labute approximate surface area is 186 Å². The van der Waals surface area contributed by atoms with E-state index in [9.17, 15) is 9.18 Å². The molecule has 0 bridgehead atoms. The highest BCUT2D eigenvalue weighted by molar-refractivity contribution is 5.68. The van der Waals surface area contributed by atoms with E-state index in [2.05, 4.69) is 9.97 Å². The van der Waals surface area contributed by atoms with E-state index in [1.54, 1.807) is 34.7 Å². The number of hydrogen-bond acceptors (Lipinski definition) is 6. The van der Waals surface area contributed by atoms with E-state index in [-0.39, 0.29) is 17.8 Å². The van der Waals surface area contributed by atoms with Gasteiger partial charge in [0.2, 0.25) is 5.88 Å². The Bertz CT molecular complexity index is 1120. The quantitative estimate of drug-likeness (QED) is 0.606. The van der Waals surface area contributed by atoms with Crippen LogP contribution in [0.5, 0.6) is 5.88 Å². The van der Waals surface area contributed by atoms with Crippen molar-refractivity contribution in [2.45, 2.75) is 45.6 Å². The average Bonchev–Trinajstić information content (AvgIpc) is 3.15. The van der Waals surface area contributed by atoms with Crippen molar-refractivity contribution in [2.24, 2.45) is 5.92 Å². The molecule has 1 atom stereocenters. The Balaban J connectivity index is 1.56. The van der Waals surface area contributed by atoms with Crippen LogP contribution in [0.2, 0.25) is 0 Å². The summed E-state index contributed by atoms with van der Waals surface area (Å²) < 4.78 is 26.3. The van der Waals surface area contributed by atoms with Crippen LogP contribution in [0, 0.1) is 11.7 Å². The lowest BCUT2D eigenvalue weighted by Crippen LogP contribution is -2.43. The van der Waals surface area contributed by atoms with E-state index in [4.69, 9.17) is 14.5 Å². The van der Waals surface area contributed by atoms with Gasteiger partial charge in [0.05, 0.1) is 13.3 Å². The van der Waals surface area contributed by atoms with Gasteiger partial charge in [0, 0.05) is 31.0 Å². The molecule has 1 aliphatic heterocycles. The van der Waals surface area contributed by atoms with Crippen LogP contribution in [0.1, 0.15) is 39.3 Å². The molecule has 0 spiro atoms. The first kappa shape index (κ1) is 22.0. The number of halogens is 1. The summed E-state index contributed by atoms with van der Waals surface area (Å²) in [5.41, 5.74) is 1.47. The van der Waals surface area contributed by atoms with Crippen LogP contribution in [0.25, 0.3) is 17.2 Å². The molecule has 4 heterocycles. The summed E-state index contributed by atoms with van der Waals surface area (Å²) in [7, 11) is 1.55. The molecule has 0 aromatic carbocycles. The highest BCUT2D eigenvalue weighted by Gasteiger charge is 2.28. The van der Waals surface area contributed by atoms with Crippen LogP contribution in [0.3, 0.4) is 0 Å². The molecule has 0 N–H and O–H groups in total. The number of hydrogen-bond donors (Lipinski definition) is 0. The summed E-state index contributed by atoms with van der Waals surface area (Å²) in [5, 5.41) is 0. The van der Waals surface area contributed by atoms with Crippen molar-refractivity contribution in [1.82, 2.24) is 24.3 Å². The number of methoxy groups -OCH3 is 1. The maximum absolute atomic E-state index is 13.8. The number of amides is 1. The van der Waals surface area contributed by atoms with Gasteiger partial charge in [-0.3, -0.25) is 4.40 Å². The lowest BCUT2D eigenvalue weighted by atomic mass is 9.93. The molecule has 1 saturated heterocycles. The van der Waals surface area contributed by atoms with Crippen LogP contribution >= 0.6 is 0 Å². The third kappa shape index (κ3) is 4.98. The SMILES string of the molecule is COc1cc(C[C@@H]2CCCN(C(=O)OC(C)(C)C)C2)nc(-c2cnc3ccc(F)cn23)n1. The third-order valence-corrected chi connectivity index (χ3v) is 5.33. The van der Waals surface area contributed by atoms with Crippen LogP contribution in [-0.4, -0.2) is 56.1 Å². The fraction of sp³-hybridized carbons (Fsp3) is 0.478. The summed E-state index contributed by atoms with van der Waals surface area (Å²) in [6.45, 7) is 6.90. The van der Waals surface area contributed by atoms with Crippen molar-refractivity contribution in [2.75, 3.05) is 20.2 Å². The Morgan fingerprint density at radius 3 is 2.84 bits per heavy atom. The molecule has 3 aromatic heterocycles. The summed E-state index contributed by atoms with van der Waals surface area (Å²) >= 11 is 0. The van der Waals surface area contributed by atoms with Crippen molar-refractivity contribution in [1.29, 1.82) is 0 Å². The number of piperidine rings is 1. The molecular weight excluding hydrogens is 413 g/mol. The number of pyridine rings is 1. The summed E-state index contributed by atoms with van der Waals surface area (Å²) in [4.78, 5) is 27.7. The molecule has 1 fully saturated rings. The first-order valence-electron chi connectivity index (χ1n) is 10.7. The van der Waals surface area contributed by atoms with E-state index in [1.165, 1.54) is 12.3 Å². The Kier molecular flexibility index (Phi) is 5.99. The van der Waals surface area contributed by atoms with Crippen molar-refractivity contribution in [3.63, 3.8) is 0 Å². The van der Waals surface area contributed by atoms with Gasteiger partial charge in [0.25, 0.3) is 0 Å². The first-order valence-corrected chi connectivity index (χ1v) is 10.7. The molecule has 32 heavy (non-hydrogen) atoms. The number of imidazole rings is 1. The van der Waals surface area contributed by atoms with Crippen LogP contribution in [0.15, 0.2) is 30.6 Å². The summed E-state index contributed by atoms with van der Waals surface area (Å²) in [6, 6.07) is 4.77. The molecule has 1 amide bonds. The Hall–Kier alpha value is -3.23. The molecule has 4 rings (SSSR count). The lowest BCUT2D eigenvalue weighted by Gasteiger charge is -2.34. The molecule has 9 heteroatoms. The van der Waals surface area contributed by atoms with E-state index in [0.717, 1.165) is 18.5 Å². The van der Waals surface area contributed by atoms with Gasteiger partial charge in [-0.1, -0.05) is 0 Å². The largest absolute Gasteiger partial charge is 0.481 e. The average molecular weight is 442 g/mol. The van der Waals surface area contributed by atoms with Gasteiger partial charge in [-0.25, -0.2) is 19.2 Å². The predicted molar refractivity (Wildman–Crippen MR) is 117 cm³/mol. The number of ether oxygens (including phenoxy) is 2. The fourth-order valence-corrected chi connectivity index (χ4v) is 3.94. The minimum absolute atomic E-state index is 0.239. The van der Waals surface area contributed by atoms with E-state index in [0.29, 0.717) is 42.6 Å². The lowest BCUT2D eigenvalue weighted by molar-refractivity contribution is 0.0165. The van der Waals surface area contributed by atoms with E-state index >= 15 is 0 Å². The molecule has 0 aliphatic carbocycles. The zero-order chi connectivity index (χ0) is 22.9. The topological polar surface area (TPSA) is 81.8 Å². The third-order valence-electron chi connectivity index (χ3n) is 5.33. The standard InChI is InChI=1S/C23H28FN5O3/c1-23(2,3)32-22(30)28-9-5-6-15(13-28)10-17-11-20(31-4)27-21(26-17)18-12-25-19-8-7-16(24)14-29(18)19/h7-8,11-12,14-15H,5-6,9-10,13H2,1-4H3/t15-/m0/s1. The zero-order valence-electron chi connectivity index (χ0n) is 18.8. The van der Waals surface area contributed by atoms with Crippen molar-refractivity contribution >= 4 is 11.7 Å². The number of carbonyl (C=O) groups is 1. The molecule has 0 saturated carbocycles. The van der Waals surface area contributed by atoms with E-state index < -0.39 is 5.60 Å².